The summed E-state index contributed by atoms with van der Waals surface area (Å²) in [5, 5.41) is 15.5. The molecule has 3 unspecified atom stereocenters. The molecule has 1 aromatic rings. The Balaban J connectivity index is 1.68. The van der Waals surface area contributed by atoms with Crippen molar-refractivity contribution in [1.29, 1.82) is 0 Å². The van der Waals surface area contributed by atoms with E-state index in [4.69, 9.17) is 0 Å². The number of aromatic nitrogens is 2. The Kier molecular flexibility index (Phi) is 1.70. The highest BCUT2D eigenvalue weighted by atomic mass is 15.3. The number of fused-ring (bicyclic) bond motifs is 3. The number of nitrogens with zero attached hydrogens (tertiary/aromatic N) is 4. The van der Waals surface area contributed by atoms with Gasteiger partial charge in [0.25, 0.3) is 0 Å². The molecule has 5 nitrogen and oxygen atoms in total. The van der Waals surface area contributed by atoms with E-state index in [0.717, 1.165) is 36.2 Å². The summed E-state index contributed by atoms with van der Waals surface area (Å²) in [6.07, 6.45) is 4.24. The molecule has 86 valence electrons. The maximum absolute atomic E-state index is 4.45. The van der Waals surface area contributed by atoms with E-state index in [1.165, 1.54) is 11.3 Å². The molecule has 5 heteroatoms. The molecule has 1 fully saturated rings. The first-order valence-electron chi connectivity index (χ1n) is 6.00. The normalized spacial score (nSPS) is 32.2. The van der Waals surface area contributed by atoms with Crippen LogP contribution in [-0.4, -0.2) is 22.7 Å². The van der Waals surface area contributed by atoms with Crippen molar-refractivity contribution in [3.63, 3.8) is 0 Å². The van der Waals surface area contributed by atoms with E-state index in [0.29, 0.717) is 12.6 Å². The smallest absolute Gasteiger partial charge is 0.197 e. The Morgan fingerprint density at radius 1 is 1.47 bits per heavy atom. The Hall–Kier alpha value is -1.78. The molecule has 1 N–H and O–H groups in total. The van der Waals surface area contributed by atoms with Crippen LogP contribution in [0.15, 0.2) is 27.9 Å². The highest BCUT2D eigenvalue weighted by Gasteiger charge is 2.57. The first kappa shape index (κ1) is 9.27. The lowest BCUT2D eigenvalue weighted by Crippen LogP contribution is -2.01. The van der Waals surface area contributed by atoms with E-state index >= 15 is 0 Å². The number of nitrogens with one attached hydrogen (secondary N) is 1. The summed E-state index contributed by atoms with van der Waals surface area (Å²) in [6, 6.07) is 0. The number of allylic oxidation sites excluding steroid dienone is 1. The molecule has 4 rings (SSSR count). The van der Waals surface area contributed by atoms with E-state index < -0.39 is 0 Å². The molecule has 17 heavy (non-hydrogen) atoms. The zero-order chi connectivity index (χ0) is 11.4. The molecule has 0 aromatic carbocycles. The van der Waals surface area contributed by atoms with Gasteiger partial charge in [-0.05, 0) is 24.7 Å². The molecule has 2 heterocycles. The summed E-state index contributed by atoms with van der Waals surface area (Å²) in [5.41, 5.74) is 3.55. The third-order valence-electron chi connectivity index (χ3n) is 4.10. The Morgan fingerprint density at radius 2 is 2.41 bits per heavy atom. The van der Waals surface area contributed by atoms with E-state index in [-0.39, 0.29) is 0 Å². The number of azo groups is 1. The average Bonchev–Trinajstić information content (AvgIpc) is 2.82. The molecule has 1 aromatic heterocycles. The third-order valence-corrected chi connectivity index (χ3v) is 4.10. The minimum atomic E-state index is 0.453. The predicted molar refractivity (Wildman–Crippen MR) is 63.1 cm³/mol. The van der Waals surface area contributed by atoms with Crippen molar-refractivity contribution in [2.75, 3.05) is 6.67 Å². The molecule has 3 atom stereocenters. The second-order valence-electron chi connectivity index (χ2n) is 4.91. The van der Waals surface area contributed by atoms with Crippen LogP contribution in [0, 0.1) is 11.8 Å². The fraction of sp³-hybridized carbons (Fsp3) is 0.500. The molecule has 3 aliphatic rings. The summed E-state index contributed by atoms with van der Waals surface area (Å²) < 4.78 is 0. The highest BCUT2D eigenvalue weighted by molar-refractivity contribution is 5.99. The molecule has 0 bridgehead atoms. The van der Waals surface area contributed by atoms with Gasteiger partial charge >= 0.3 is 0 Å². The number of H-pyrrole nitrogens is 1. The Bertz CT molecular complexity index is 553. The third kappa shape index (κ3) is 1.14. The second-order valence-corrected chi connectivity index (χ2v) is 4.91. The monoisotopic (exact) mass is 227 g/mol. The lowest BCUT2D eigenvalue weighted by Gasteiger charge is -2.01. The summed E-state index contributed by atoms with van der Waals surface area (Å²) in [7, 11) is 0. The Morgan fingerprint density at radius 3 is 3.18 bits per heavy atom. The van der Waals surface area contributed by atoms with Crippen molar-refractivity contribution in [3.8, 4) is 0 Å². The SMILES string of the molecule is C=CCC1C2Cc3c(n[nH]c3C3=NCN=N3)C12. The first-order chi connectivity index (χ1) is 8.40. The van der Waals surface area contributed by atoms with Gasteiger partial charge in [0.1, 0.15) is 5.69 Å². The van der Waals surface area contributed by atoms with Crippen LogP contribution >= 0.6 is 0 Å². The topological polar surface area (TPSA) is 65.8 Å². The van der Waals surface area contributed by atoms with E-state index in [1.54, 1.807) is 0 Å². The highest BCUT2D eigenvalue weighted by Crippen LogP contribution is 2.62. The zero-order valence-electron chi connectivity index (χ0n) is 9.43. The summed E-state index contributed by atoms with van der Waals surface area (Å²) in [6.45, 7) is 4.27. The van der Waals surface area contributed by atoms with Crippen LogP contribution in [0.25, 0.3) is 0 Å². The largest absolute Gasteiger partial charge is 0.274 e. The van der Waals surface area contributed by atoms with Crippen molar-refractivity contribution in [2.24, 2.45) is 27.1 Å². The van der Waals surface area contributed by atoms with Gasteiger partial charge in [-0.2, -0.15) is 10.2 Å². The standard InChI is InChI=1S/C12H13N5/c1-2-3-6-7-4-8-10(9(6)7)15-16-11(8)12-13-5-14-17-12/h2,6-7,9H,1,3-5H2,(H,15,16). The number of hydrogen-bond donors (Lipinski definition) is 1. The lowest BCUT2D eigenvalue weighted by molar-refractivity contribution is 0.702. The Labute approximate surface area is 98.7 Å². The van der Waals surface area contributed by atoms with Gasteiger partial charge < -0.3 is 0 Å². The van der Waals surface area contributed by atoms with Gasteiger partial charge in [-0.1, -0.05) is 6.08 Å². The molecule has 0 radical (unpaired) electrons. The van der Waals surface area contributed by atoms with Crippen LogP contribution < -0.4 is 0 Å². The summed E-state index contributed by atoms with van der Waals surface area (Å²) >= 11 is 0. The van der Waals surface area contributed by atoms with Crippen molar-refractivity contribution < 1.29 is 0 Å². The van der Waals surface area contributed by atoms with Crippen LogP contribution in [0.3, 0.4) is 0 Å². The van der Waals surface area contributed by atoms with Gasteiger partial charge in [0.2, 0.25) is 0 Å². The number of aliphatic imine (C=N–C) groups is 1. The number of aromatic amines is 1. The minimum Gasteiger partial charge on any atom is -0.274 e. The first-order valence-corrected chi connectivity index (χ1v) is 6.00. The molecule has 0 spiro atoms. The fourth-order valence-corrected chi connectivity index (χ4v) is 3.28. The average molecular weight is 227 g/mol. The lowest BCUT2D eigenvalue weighted by atomic mass is 10.0. The second kappa shape index (κ2) is 3.12. The molecule has 1 saturated carbocycles. The zero-order valence-corrected chi connectivity index (χ0v) is 9.43. The van der Waals surface area contributed by atoms with E-state index in [2.05, 4.69) is 32.0 Å². The summed E-state index contributed by atoms with van der Waals surface area (Å²) in [4.78, 5) is 4.25. The van der Waals surface area contributed by atoms with Crippen LogP contribution in [0.2, 0.25) is 0 Å². The number of hydrogen-bond acceptors (Lipinski definition) is 4. The molecular formula is C12H13N5. The fourth-order valence-electron chi connectivity index (χ4n) is 3.28. The number of amidine groups is 1. The van der Waals surface area contributed by atoms with Crippen LogP contribution in [0.1, 0.15) is 29.3 Å². The maximum Gasteiger partial charge on any atom is 0.197 e. The molecule has 2 aliphatic carbocycles. The van der Waals surface area contributed by atoms with Crippen molar-refractivity contribution in [1.82, 2.24) is 10.2 Å². The minimum absolute atomic E-state index is 0.453. The van der Waals surface area contributed by atoms with Gasteiger partial charge in [0.05, 0.1) is 5.69 Å². The predicted octanol–water partition coefficient (Wildman–Crippen LogP) is 2.04. The molecule has 0 amide bonds. The molecule has 1 aliphatic heterocycles. The number of rotatable bonds is 3. The van der Waals surface area contributed by atoms with Gasteiger partial charge in [0, 0.05) is 11.5 Å². The van der Waals surface area contributed by atoms with E-state index in [1.807, 2.05) is 6.08 Å². The van der Waals surface area contributed by atoms with Crippen LogP contribution in [0.5, 0.6) is 0 Å². The van der Waals surface area contributed by atoms with Gasteiger partial charge in [-0.15, -0.1) is 11.7 Å². The van der Waals surface area contributed by atoms with Crippen molar-refractivity contribution >= 4 is 5.84 Å². The summed E-state index contributed by atoms with van der Waals surface area (Å²) in [5.74, 6) is 2.91. The van der Waals surface area contributed by atoms with Gasteiger partial charge in [-0.25, -0.2) is 4.99 Å². The van der Waals surface area contributed by atoms with E-state index in [9.17, 15) is 0 Å². The van der Waals surface area contributed by atoms with Crippen molar-refractivity contribution in [2.45, 2.75) is 18.8 Å². The molecule has 0 saturated heterocycles. The quantitative estimate of drug-likeness (QED) is 0.789. The van der Waals surface area contributed by atoms with Gasteiger partial charge in [0.15, 0.2) is 12.5 Å². The maximum atomic E-state index is 4.45. The van der Waals surface area contributed by atoms with Gasteiger partial charge in [-0.3, -0.25) is 5.10 Å². The van der Waals surface area contributed by atoms with Crippen LogP contribution in [0.4, 0.5) is 0 Å². The van der Waals surface area contributed by atoms with Crippen LogP contribution in [-0.2, 0) is 6.42 Å². The van der Waals surface area contributed by atoms with Crippen molar-refractivity contribution in [3.05, 3.63) is 29.6 Å². The molecular weight excluding hydrogens is 214 g/mol.